The van der Waals surface area contributed by atoms with Crippen molar-refractivity contribution in [1.82, 2.24) is 5.32 Å². The molecule has 1 aromatic carbocycles. The summed E-state index contributed by atoms with van der Waals surface area (Å²) in [6.45, 7) is 6.16. The van der Waals surface area contributed by atoms with Crippen LogP contribution in [-0.4, -0.2) is 24.5 Å². The molecule has 0 radical (unpaired) electrons. The van der Waals surface area contributed by atoms with Crippen molar-refractivity contribution in [2.24, 2.45) is 11.3 Å². The Bertz CT molecular complexity index is 563. The van der Waals surface area contributed by atoms with Crippen LogP contribution in [0.5, 0.6) is 0 Å². The van der Waals surface area contributed by atoms with Gasteiger partial charge in [0.2, 0.25) is 0 Å². The highest BCUT2D eigenvalue weighted by Gasteiger charge is 2.37. The Balaban J connectivity index is 1.90. The fourth-order valence-electron chi connectivity index (χ4n) is 2.52. The third kappa shape index (κ3) is 5.28. The molecule has 0 amide bonds. The van der Waals surface area contributed by atoms with Gasteiger partial charge < -0.3 is 4.74 Å². The summed E-state index contributed by atoms with van der Waals surface area (Å²) in [5.74, 6) is -0.335. The summed E-state index contributed by atoms with van der Waals surface area (Å²) in [5, 5.41) is 3.13. The molecule has 0 saturated carbocycles. The van der Waals surface area contributed by atoms with Gasteiger partial charge in [-0.1, -0.05) is 12.1 Å². The number of carbonyl (C=O) groups is 2. The van der Waals surface area contributed by atoms with Gasteiger partial charge in [-0.05, 0) is 80.4 Å². The molecule has 23 heavy (non-hydrogen) atoms. The Morgan fingerprint density at radius 2 is 1.91 bits per heavy atom. The van der Waals surface area contributed by atoms with Crippen molar-refractivity contribution >= 4 is 34.3 Å². The van der Waals surface area contributed by atoms with E-state index in [1.54, 1.807) is 0 Å². The molecule has 0 aliphatic carbocycles. The minimum Gasteiger partial charge on any atom is -0.445 e. The van der Waals surface area contributed by atoms with Gasteiger partial charge in [0.1, 0.15) is 5.78 Å². The summed E-state index contributed by atoms with van der Waals surface area (Å²) < 4.78 is 6.69. The van der Waals surface area contributed by atoms with Crippen LogP contribution in [0.25, 0.3) is 0 Å². The number of carbonyl (C=O) groups excluding carboxylic acids is 2. The number of benzene rings is 1. The highest BCUT2D eigenvalue weighted by Crippen LogP contribution is 2.24. The van der Waals surface area contributed by atoms with Crippen molar-refractivity contribution in [2.75, 3.05) is 6.54 Å². The first-order valence-electron chi connectivity index (χ1n) is 7.99. The van der Waals surface area contributed by atoms with Crippen LogP contribution in [-0.2, 0) is 20.7 Å². The molecule has 4 nitrogen and oxygen atoms in total. The zero-order valence-electron chi connectivity index (χ0n) is 13.9. The largest absolute Gasteiger partial charge is 0.445 e. The smallest absolute Gasteiger partial charge is 0.312 e. The van der Waals surface area contributed by atoms with Crippen LogP contribution in [0.3, 0.4) is 0 Å². The van der Waals surface area contributed by atoms with Crippen LogP contribution in [0, 0.1) is 14.9 Å². The molecular weight excluding hydrogens is 405 g/mol. The van der Waals surface area contributed by atoms with Gasteiger partial charge in [0.25, 0.3) is 0 Å². The summed E-state index contributed by atoms with van der Waals surface area (Å²) in [7, 11) is 0. The van der Waals surface area contributed by atoms with Crippen molar-refractivity contribution in [2.45, 2.75) is 46.3 Å². The van der Waals surface area contributed by atoms with E-state index in [1.807, 2.05) is 32.9 Å². The first-order chi connectivity index (χ1) is 10.8. The highest BCUT2D eigenvalue weighted by atomic mass is 127. The van der Waals surface area contributed by atoms with Gasteiger partial charge in [-0.2, -0.15) is 0 Å². The maximum atomic E-state index is 12.5. The molecule has 1 aliphatic rings. The number of ether oxygens (including phenoxy) is 1. The van der Waals surface area contributed by atoms with Crippen LogP contribution in [0.1, 0.15) is 39.2 Å². The van der Waals surface area contributed by atoms with Gasteiger partial charge in [0.05, 0.1) is 11.3 Å². The molecule has 1 aliphatic heterocycles. The Labute approximate surface area is 151 Å². The summed E-state index contributed by atoms with van der Waals surface area (Å²) >= 11 is 2.27. The second-order valence-corrected chi connectivity index (χ2v) is 8.26. The zero-order valence-corrected chi connectivity index (χ0v) is 16.1. The van der Waals surface area contributed by atoms with Crippen molar-refractivity contribution < 1.29 is 14.3 Å². The second kappa shape index (κ2) is 7.75. The van der Waals surface area contributed by atoms with Crippen molar-refractivity contribution in [3.63, 3.8) is 0 Å². The fraction of sp³-hybridized carbons (Fsp3) is 0.556. The molecule has 0 bridgehead atoms. The normalized spacial score (nSPS) is 21.2. The molecule has 5 heteroatoms. The minimum absolute atomic E-state index is 0.167. The Morgan fingerprint density at radius 1 is 1.26 bits per heavy atom. The molecule has 0 aromatic heterocycles. The van der Waals surface area contributed by atoms with Gasteiger partial charge >= 0.3 is 5.97 Å². The lowest BCUT2D eigenvalue weighted by molar-refractivity contribution is -0.162. The SMILES string of the molecule is CC(C)(C)C(=O)OC1NCC[C@@H]1C(=O)CCc1ccc(I)cc1. The summed E-state index contributed by atoms with van der Waals surface area (Å²) in [6.07, 6.45) is 1.46. The monoisotopic (exact) mass is 429 g/mol. The maximum Gasteiger partial charge on any atom is 0.312 e. The maximum absolute atomic E-state index is 12.5. The molecule has 1 unspecified atom stereocenters. The molecule has 2 atom stereocenters. The van der Waals surface area contributed by atoms with Gasteiger partial charge in [-0.15, -0.1) is 0 Å². The minimum atomic E-state index is -0.556. The first kappa shape index (κ1) is 18.4. The third-order valence-electron chi connectivity index (χ3n) is 4.00. The van der Waals surface area contributed by atoms with E-state index >= 15 is 0 Å². The van der Waals surface area contributed by atoms with Gasteiger partial charge in [0.15, 0.2) is 6.23 Å². The van der Waals surface area contributed by atoms with E-state index in [2.05, 4.69) is 40.0 Å². The van der Waals surface area contributed by atoms with Gasteiger partial charge in [-0.25, -0.2) is 0 Å². The molecule has 0 spiro atoms. The Morgan fingerprint density at radius 3 is 2.52 bits per heavy atom. The predicted octanol–water partition coefficient (Wildman–Crippen LogP) is 3.32. The van der Waals surface area contributed by atoms with Crippen LogP contribution in [0.15, 0.2) is 24.3 Å². The van der Waals surface area contributed by atoms with Gasteiger partial charge in [0, 0.05) is 9.99 Å². The third-order valence-corrected chi connectivity index (χ3v) is 4.72. The molecular formula is C18H24INO3. The van der Waals surface area contributed by atoms with Crippen LogP contribution >= 0.6 is 22.6 Å². The molecule has 1 saturated heterocycles. The summed E-state index contributed by atoms with van der Waals surface area (Å²) in [6, 6.07) is 8.20. The number of hydrogen-bond acceptors (Lipinski definition) is 4. The highest BCUT2D eigenvalue weighted by molar-refractivity contribution is 14.1. The molecule has 2 rings (SSSR count). The van der Waals surface area contributed by atoms with Gasteiger partial charge in [-0.3, -0.25) is 14.9 Å². The number of halogens is 1. The number of ketones is 1. The van der Waals surface area contributed by atoms with Crippen molar-refractivity contribution in [1.29, 1.82) is 0 Å². The van der Waals surface area contributed by atoms with E-state index < -0.39 is 11.6 Å². The molecule has 1 heterocycles. The standard InChI is InChI=1S/C18H24INO3/c1-18(2,3)17(22)23-16-14(10-11-20-16)15(21)9-6-12-4-7-13(19)8-5-12/h4-5,7-8,14,16,20H,6,9-11H2,1-3H3/t14-,16?/m1/s1. The van der Waals surface area contributed by atoms with E-state index in [1.165, 1.54) is 3.57 Å². The zero-order chi connectivity index (χ0) is 17.0. The van der Waals surface area contributed by atoms with E-state index in [0.29, 0.717) is 13.0 Å². The number of hydrogen-bond donors (Lipinski definition) is 1. The van der Waals surface area contributed by atoms with Crippen molar-refractivity contribution in [3.8, 4) is 0 Å². The summed E-state index contributed by atoms with van der Waals surface area (Å²) in [4.78, 5) is 24.5. The second-order valence-electron chi connectivity index (χ2n) is 7.02. The molecule has 1 aromatic rings. The van der Waals surface area contributed by atoms with E-state index in [0.717, 1.165) is 18.4 Å². The number of rotatable bonds is 5. The van der Waals surface area contributed by atoms with Crippen molar-refractivity contribution in [3.05, 3.63) is 33.4 Å². The number of aryl methyl sites for hydroxylation is 1. The average Bonchev–Trinajstić information content (AvgIpc) is 2.93. The number of esters is 1. The average molecular weight is 429 g/mol. The first-order valence-corrected chi connectivity index (χ1v) is 9.07. The molecule has 1 fully saturated rings. The Kier molecular flexibility index (Phi) is 6.19. The lowest BCUT2D eigenvalue weighted by Crippen LogP contribution is -2.39. The lowest BCUT2D eigenvalue weighted by Gasteiger charge is -2.24. The van der Waals surface area contributed by atoms with Crippen LogP contribution in [0.2, 0.25) is 0 Å². The number of nitrogens with one attached hydrogen (secondary N) is 1. The molecule has 1 N–H and O–H groups in total. The molecule has 126 valence electrons. The van der Waals surface area contributed by atoms with E-state index in [-0.39, 0.29) is 17.7 Å². The van der Waals surface area contributed by atoms with Crippen LogP contribution in [0.4, 0.5) is 0 Å². The lowest BCUT2D eigenvalue weighted by atomic mass is 9.95. The quantitative estimate of drug-likeness (QED) is 0.577. The van der Waals surface area contributed by atoms with Crippen LogP contribution < -0.4 is 5.32 Å². The van der Waals surface area contributed by atoms with E-state index in [4.69, 9.17) is 4.74 Å². The predicted molar refractivity (Wildman–Crippen MR) is 97.9 cm³/mol. The fourth-order valence-corrected chi connectivity index (χ4v) is 2.88. The van der Waals surface area contributed by atoms with E-state index in [9.17, 15) is 9.59 Å². The Hall–Kier alpha value is -0.950. The summed E-state index contributed by atoms with van der Waals surface area (Å²) in [5.41, 5.74) is 0.604. The topological polar surface area (TPSA) is 55.4 Å². The number of Topliss-reactive ketones (excluding diaryl/α,β-unsaturated/α-hetero) is 1.